The molecule has 0 bridgehead atoms. The molecule has 1 saturated heterocycles. The van der Waals surface area contributed by atoms with Crippen molar-refractivity contribution in [3.63, 3.8) is 0 Å². The SMILES string of the molecule is CCC(=O)N1CCCC(c2nc(-c3cc(F)c(C(=O)Nc4cc(C(F)(F)F)n(C)n4)cc3OC3CC3)c3c(N)ncc(Cl)n23)C1. The maximum atomic E-state index is 15.7. The fraction of sp³-hybridized carbons (Fsp3) is 0.414. The molecule has 3 N–H and O–H groups in total. The fourth-order valence-corrected chi connectivity index (χ4v) is 5.80. The average Bonchev–Trinajstić information content (AvgIpc) is 3.59. The number of nitrogens with one attached hydrogen (secondary N) is 1. The molecule has 238 valence electrons. The van der Waals surface area contributed by atoms with E-state index in [1.54, 1.807) is 16.2 Å². The normalized spacial score (nSPS) is 17.1. The monoisotopic (exact) mass is 648 g/mol. The highest BCUT2D eigenvalue weighted by Crippen LogP contribution is 2.42. The summed E-state index contributed by atoms with van der Waals surface area (Å²) in [5.74, 6) is -1.88. The van der Waals surface area contributed by atoms with E-state index in [9.17, 15) is 22.8 Å². The largest absolute Gasteiger partial charge is 0.490 e. The van der Waals surface area contributed by atoms with E-state index in [0.29, 0.717) is 48.0 Å². The quantitative estimate of drug-likeness (QED) is 0.255. The zero-order valence-corrected chi connectivity index (χ0v) is 25.0. The van der Waals surface area contributed by atoms with Crippen LogP contribution in [0.4, 0.5) is 29.2 Å². The number of nitrogen functional groups attached to an aromatic ring is 1. The number of piperidine rings is 1. The van der Waals surface area contributed by atoms with Gasteiger partial charge in [0.15, 0.2) is 5.82 Å². The zero-order valence-electron chi connectivity index (χ0n) is 24.3. The number of hydrogen-bond donors (Lipinski definition) is 2. The second kappa shape index (κ2) is 11.5. The van der Waals surface area contributed by atoms with Crippen LogP contribution in [0.5, 0.6) is 5.75 Å². The van der Waals surface area contributed by atoms with Crippen molar-refractivity contribution in [1.29, 1.82) is 0 Å². The Morgan fingerprint density at radius 3 is 2.62 bits per heavy atom. The number of amides is 2. The minimum atomic E-state index is -4.70. The number of likely N-dealkylation sites (tertiary alicyclic amines) is 1. The van der Waals surface area contributed by atoms with E-state index in [2.05, 4.69) is 15.4 Å². The summed E-state index contributed by atoms with van der Waals surface area (Å²) >= 11 is 6.62. The lowest BCUT2D eigenvalue weighted by molar-refractivity contribution is -0.143. The number of benzene rings is 1. The molecule has 1 aromatic carbocycles. The number of ether oxygens (including phenoxy) is 1. The van der Waals surface area contributed by atoms with E-state index < -0.39 is 35.0 Å². The van der Waals surface area contributed by atoms with Gasteiger partial charge in [-0.2, -0.15) is 18.3 Å². The van der Waals surface area contributed by atoms with Crippen LogP contribution >= 0.6 is 11.6 Å². The number of carbonyl (C=O) groups is 2. The van der Waals surface area contributed by atoms with Gasteiger partial charge >= 0.3 is 6.18 Å². The molecule has 6 rings (SSSR count). The molecule has 4 heterocycles. The van der Waals surface area contributed by atoms with Crippen LogP contribution in [-0.2, 0) is 18.0 Å². The van der Waals surface area contributed by atoms with Crippen molar-refractivity contribution in [3.05, 3.63) is 52.4 Å². The van der Waals surface area contributed by atoms with E-state index in [1.165, 1.54) is 12.3 Å². The summed E-state index contributed by atoms with van der Waals surface area (Å²) in [5.41, 5.74) is 5.49. The fourth-order valence-electron chi connectivity index (χ4n) is 5.58. The smallest absolute Gasteiger partial charge is 0.433 e. The van der Waals surface area contributed by atoms with Gasteiger partial charge < -0.3 is 20.7 Å². The number of nitrogens with zero attached hydrogens (tertiary/aromatic N) is 6. The zero-order chi connectivity index (χ0) is 32.2. The lowest BCUT2D eigenvalue weighted by Gasteiger charge is -2.32. The number of fused-ring (bicyclic) bond motifs is 1. The molecule has 1 unspecified atom stereocenters. The van der Waals surface area contributed by atoms with Crippen molar-refractivity contribution >= 4 is 40.6 Å². The second-order valence-electron chi connectivity index (χ2n) is 11.1. The summed E-state index contributed by atoms with van der Waals surface area (Å²) < 4.78 is 63.8. The number of halogens is 5. The van der Waals surface area contributed by atoms with E-state index in [1.807, 2.05) is 0 Å². The van der Waals surface area contributed by atoms with Crippen LogP contribution in [0.15, 0.2) is 24.4 Å². The molecule has 1 aliphatic heterocycles. The van der Waals surface area contributed by atoms with Gasteiger partial charge in [-0.15, -0.1) is 0 Å². The predicted octanol–water partition coefficient (Wildman–Crippen LogP) is 5.43. The molecule has 2 aliphatic rings. The third-order valence-electron chi connectivity index (χ3n) is 7.91. The highest BCUT2D eigenvalue weighted by atomic mass is 35.5. The first-order valence-electron chi connectivity index (χ1n) is 14.4. The number of carbonyl (C=O) groups excluding carboxylic acids is 2. The number of rotatable bonds is 7. The Labute approximate surface area is 259 Å². The highest BCUT2D eigenvalue weighted by Gasteiger charge is 2.36. The Bertz CT molecular complexity index is 1820. The number of anilines is 2. The molecule has 1 atom stereocenters. The Kier molecular flexibility index (Phi) is 7.83. The van der Waals surface area contributed by atoms with E-state index >= 15 is 4.39 Å². The summed E-state index contributed by atoms with van der Waals surface area (Å²) in [4.78, 5) is 36.5. The van der Waals surface area contributed by atoms with Crippen molar-refractivity contribution in [3.8, 4) is 17.0 Å². The Balaban J connectivity index is 1.43. The molecular formula is C29H29ClF4N8O3. The third kappa shape index (κ3) is 5.88. The van der Waals surface area contributed by atoms with Crippen molar-refractivity contribution in [1.82, 2.24) is 29.0 Å². The molecule has 4 aromatic rings. The van der Waals surface area contributed by atoms with Gasteiger partial charge in [-0.05, 0) is 37.8 Å². The molecule has 2 fully saturated rings. The number of hydrogen-bond acceptors (Lipinski definition) is 7. The average molecular weight is 649 g/mol. The molecule has 16 heteroatoms. The van der Waals surface area contributed by atoms with Gasteiger partial charge in [-0.1, -0.05) is 18.5 Å². The maximum absolute atomic E-state index is 15.7. The van der Waals surface area contributed by atoms with Gasteiger partial charge in [-0.25, -0.2) is 14.4 Å². The number of nitrogens with two attached hydrogens (primary N) is 1. The van der Waals surface area contributed by atoms with Crippen LogP contribution in [0.25, 0.3) is 16.8 Å². The third-order valence-corrected chi connectivity index (χ3v) is 8.18. The van der Waals surface area contributed by atoms with Crippen LogP contribution in [0, 0.1) is 5.82 Å². The number of alkyl halides is 3. The van der Waals surface area contributed by atoms with Crippen molar-refractivity contribution in [2.45, 2.75) is 57.2 Å². The second-order valence-corrected chi connectivity index (χ2v) is 11.5. The first-order chi connectivity index (χ1) is 21.3. The molecule has 11 nitrogen and oxygen atoms in total. The number of aromatic nitrogens is 5. The minimum absolute atomic E-state index is 0.0180. The molecule has 0 radical (unpaired) electrons. The van der Waals surface area contributed by atoms with E-state index in [4.69, 9.17) is 27.1 Å². The minimum Gasteiger partial charge on any atom is -0.490 e. The number of aryl methyl sites for hydroxylation is 1. The highest BCUT2D eigenvalue weighted by molar-refractivity contribution is 6.30. The van der Waals surface area contributed by atoms with Crippen LogP contribution in [0.1, 0.15) is 66.8 Å². The van der Waals surface area contributed by atoms with E-state index in [0.717, 1.165) is 32.4 Å². The predicted molar refractivity (Wildman–Crippen MR) is 156 cm³/mol. The summed E-state index contributed by atoms with van der Waals surface area (Å²) in [6, 6.07) is 2.92. The summed E-state index contributed by atoms with van der Waals surface area (Å²) in [5, 5.41) is 6.12. The van der Waals surface area contributed by atoms with Gasteiger partial charge in [0.05, 0.1) is 17.9 Å². The Morgan fingerprint density at radius 1 is 1.20 bits per heavy atom. The van der Waals surface area contributed by atoms with Crippen LogP contribution in [0.3, 0.4) is 0 Å². The summed E-state index contributed by atoms with van der Waals surface area (Å²) in [6.45, 7) is 2.83. The van der Waals surface area contributed by atoms with Crippen LogP contribution in [-0.4, -0.2) is 60.1 Å². The summed E-state index contributed by atoms with van der Waals surface area (Å²) in [7, 11) is 1.08. The van der Waals surface area contributed by atoms with Gasteiger partial charge in [0.25, 0.3) is 5.91 Å². The van der Waals surface area contributed by atoms with Gasteiger partial charge in [0, 0.05) is 44.1 Å². The summed E-state index contributed by atoms with van der Waals surface area (Å²) in [6.07, 6.45) is -0.204. The van der Waals surface area contributed by atoms with Gasteiger partial charge in [-0.3, -0.25) is 18.7 Å². The lowest BCUT2D eigenvalue weighted by atomic mass is 9.97. The molecule has 1 saturated carbocycles. The lowest BCUT2D eigenvalue weighted by Crippen LogP contribution is -2.39. The standard InChI is InChI=1S/C29H29ClF4N8O3/c1-3-23(43)41-8-4-5-14(13-41)27-38-24(25-26(35)36-12-21(30)42(25)27)17-9-18(31)16(10-19(17)45-15-6-7-15)28(44)37-22-11-20(29(32,33)34)40(2)39-22/h9-12,14-15H,3-8,13H2,1-2H3,(H2,35,36)(H,37,39,44). The van der Waals surface area contributed by atoms with Crippen molar-refractivity contribution < 1.29 is 31.9 Å². The molecule has 45 heavy (non-hydrogen) atoms. The topological polar surface area (TPSA) is 133 Å². The molecular weight excluding hydrogens is 620 g/mol. The van der Waals surface area contributed by atoms with Crippen molar-refractivity contribution in [2.24, 2.45) is 7.05 Å². The molecule has 2 amide bonds. The Hall–Kier alpha value is -4.40. The van der Waals surface area contributed by atoms with Crippen molar-refractivity contribution in [2.75, 3.05) is 24.1 Å². The molecule has 1 aliphatic carbocycles. The number of imidazole rings is 1. The maximum Gasteiger partial charge on any atom is 0.433 e. The van der Waals surface area contributed by atoms with Crippen LogP contribution < -0.4 is 15.8 Å². The molecule has 0 spiro atoms. The van der Waals surface area contributed by atoms with E-state index in [-0.39, 0.29) is 45.9 Å². The Morgan fingerprint density at radius 2 is 1.96 bits per heavy atom. The first kappa shape index (κ1) is 30.6. The van der Waals surface area contributed by atoms with Gasteiger partial charge in [0.1, 0.15) is 45.3 Å². The van der Waals surface area contributed by atoms with Gasteiger partial charge in [0.2, 0.25) is 5.91 Å². The first-order valence-corrected chi connectivity index (χ1v) is 14.8. The molecule has 3 aromatic heterocycles. The van der Waals surface area contributed by atoms with Crippen LogP contribution in [0.2, 0.25) is 5.15 Å².